The third kappa shape index (κ3) is 2.45. The molecule has 0 unspecified atom stereocenters. The van der Waals surface area contributed by atoms with Gasteiger partial charge in [0.05, 0.1) is 35.1 Å². The second kappa shape index (κ2) is 5.97. The second-order valence-corrected chi connectivity index (χ2v) is 7.31. The average molecular weight is 362 g/mol. The summed E-state index contributed by atoms with van der Waals surface area (Å²) in [5.74, 6) is -0.839. The summed E-state index contributed by atoms with van der Waals surface area (Å²) in [5.41, 5.74) is 1.69. The highest BCUT2D eigenvalue weighted by Gasteiger charge is 2.52. The Kier molecular flexibility index (Phi) is 3.56. The molecule has 7 heteroatoms. The number of hydrogen-bond acceptors (Lipinski definition) is 5. The van der Waals surface area contributed by atoms with Gasteiger partial charge in [0, 0.05) is 13.1 Å². The zero-order chi connectivity index (χ0) is 18.5. The van der Waals surface area contributed by atoms with Crippen LogP contribution in [-0.2, 0) is 9.59 Å². The summed E-state index contributed by atoms with van der Waals surface area (Å²) in [6, 6.07) is 7.15. The minimum Gasteiger partial charge on any atom is -0.333 e. The molecule has 0 radical (unpaired) electrons. The molecule has 3 heterocycles. The molecule has 0 spiro atoms. The molecular weight excluding hydrogens is 344 g/mol. The van der Waals surface area contributed by atoms with Crippen LogP contribution in [0, 0.1) is 11.8 Å². The van der Waals surface area contributed by atoms with Gasteiger partial charge >= 0.3 is 0 Å². The molecule has 0 saturated carbocycles. The van der Waals surface area contributed by atoms with Crippen LogP contribution < -0.4 is 0 Å². The van der Waals surface area contributed by atoms with Crippen LogP contribution in [0.4, 0.5) is 0 Å². The maximum absolute atomic E-state index is 12.7. The van der Waals surface area contributed by atoms with E-state index in [-0.39, 0.29) is 41.3 Å². The second-order valence-electron chi connectivity index (χ2n) is 7.31. The number of likely N-dealkylation sites (tertiary alicyclic amines) is 2. The Morgan fingerprint density at radius 2 is 1.59 bits per heavy atom. The molecule has 3 amide bonds. The fraction of sp³-hybridized carbons (Fsp3) is 0.350. The first-order valence-corrected chi connectivity index (χ1v) is 9.16. The van der Waals surface area contributed by atoms with Crippen molar-refractivity contribution in [3.8, 4) is 0 Å². The quantitative estimate of drug-likeness (QED) is 0.596. The van der Waals surface area contributed by atoms with Crippen molar-refractivity contribution in [1.29, 1.82) is 0 Å². The Bertz CT molecular complexity index is 970. The van der Waals surface area contributed by atoms with E-state index in [4.69, 9.17) is 0 Å². The van der Waals surface area contributed by atoms with Crippen LogP contribution in [0.1, 0.15) is 23.3 Å². The van der Waals surface area contributed by atoms with Gasteiger partial charge in [-0.2, -0.15) is 0 Å². The first-order valence-electron chi connectivity index (χ1n) is 9.16. The topological polar surface area (TPSA) is 83.5 Å². The molecule has 1 aromatic carbocycles. The third-order valence-corrected chi connectivity index (χ3v) is 5.72. The van der Waals surface area contributed by atoms with Gasteiger partial charge < -0.3 is 4.90 Å². The number of aromatic nitrogens is 2. The number of rotatable bonds is 2. The molecule has 136 valence electrons. The van der Waals surface area contributed by atoms with E-state index in [9.17, 15) is 14.4 Å². The molecule has 0 N–H and O–H groups in total. The predicted molar refractivity (Wildman–Crippen MR) is 96.4 cm³/mol. The zero-order valence-electron chi connectivity index (χ0n) is 14.6. The van der Waals surface area contributed by atoms with Crippen molar-refractivity contribution < 1.29 is 14.4 Å². The summed E-state index contributed by atoms with van der Waals surface area (Å²) in [7, 11) is 0. The van der Waals surface area contributed by atoms with Gasteiger partial charge in [0.25, 0.3) is 5.91 Å². The minimum absolute atomic E-state index is 0.0862. The Morgan fingerprint density at radius 1 is 0.963 bits per heavy atom. The van der Waals surface area contributed by atoms with Crippen molar-refractivity contribution in [1.82, 2.24) is 19.8 Å². The van der Waals surface area contributed by atoms with E-state index in [1.54, 1.807) is 4.90 Å². The van der Waals surface area contributed by atoms with Gasteiger partial charge in [0.1, 0.15) is 5.69 Å². The number of hydrogen-bond donors (Lipinski definition) is 0. The molecule has 2 saturated heterocycles. The van der Waals surface area contributed by atoms with Crippen molar-refractivity contribution in [2.75, 3.05) is 13.1 Å². The van der Waals surface area contributed by atoms with E-state index in [1.807, 2.05) is 36.4 Å². The molecule has 5 rings (SSSR count). The number of benzene rings is 1. The van der Waals surface area contributed by atoms with Gasteiger partial charge in [0.2, 0.25) is 11.8 Å². The third-order valence-electron chi connectivity index (χ3n) is 5.72. The van der Waals surface area contributed by atoms with Gasteiger partial charge in [-0.25, -0.2) is 4.98 Å². The van der Waals surface area contributed by atoms with Crippen molar-refractivity contribution in [3.05, 3.63) is 48.3 Å². The van der Waals surface area contributed by atoms with Crippen LogP contribution in [-0.4, -0.2) is 56.6 Å². The van der Waals surface area contributed by atoms with Crippen molar-refractivity contribution in [2.24, 2.45) is 11.8 Å². The lowest BCUT2D eigenvalue weighted by molar-refractivity contribution is -0.145. The maximum atomic E-state index is 12.7. The van der Waals surface area contributed by atoms with E-state index in [1.165, 1.54) is 11.1 Å². The molecule has 2 aromatic rings. The SMILES string of the molecule is O=C(c1cnc2ccccc2n1)N1CC(N2C(=O)[C@@H]3CC=CC[C@H]3C2=O)C1. The predicted octanol–water partition coefficient (Wildman–Crippen LogP) is 1.41. The summed E-state index contributed by atoms with van der Waals surface area (Å²) in [5, 5.41) is 0. The molecule has 1 aromatic heterocycles. The van der Waals surface area contributed by atoms with Crippen molar-refractivity contribution >= 4 is 28.8 Å². The molecule has 3 aliphatic rings. The smallest absolute Gasteiger partial charge is 0.274 e. The minimum atomic E-state index is -0.229. The van der Waals surface area contributed by atoms with Crippen LogP contribution in [0.5, 0.6) is 0 Å². The number of imide groups is 1. The van der Waals surface area contributed by atoms with Gasteiger partial charge in [-0.1, -0.05) is 24.3 Å². The highest BCUT2D eigenvalue weighted by molar-refractivity contribution is 6.06. The molecule has 0 bridgehead atoms. The van der Waals surface area contributed by atoms with Crippen LogP contribution in [0.3, 0.4) is 0 Å². The van der Waals surface area contributed by atoms with E-state index in [0.717, 1.165) is 5.52 Å². The zero-order valence-corrected chi connectivity index (χ0v) is 14.6. The lowest BCUT2D eigenvalue weighted by Crippen LogP contribution is -2.62. The van der Waals surface area contributed by atoms with Gasteiger partial charge in [-0.15, -0.1) is 0 Å². The summed E-state index contributed by atoms with van der Waals surface area (Å²) in [6.45, 7) is 0.718. The fourth-order valence-electron chi connectivity index (χ4n) is 4.19. The Morgan fingerprint density at radius 3 is 2.26 bits per heavy atom. The van der Waals surface area contributed by atoms with E-state index in [0.29, 0.717) is 31.4 Å². The molecular formula is C20H18N4O3. The molecule has 2 fully saturated rings. The molecule has 1 aliphatic carbocycles. The van der Waals surface area contributed by atoms with Gasteiger partial charge in [-0.3, -0.25) is 24.3 Å². The number of para-hydroxylation sites is 2. The number of fused-ring (bicyclic) bond motifs is 2. The lowest BCUT2D eigenvalue weighted by atomic mass is 9.85. The summed E-state index contributed by atoms with van der Waals surface area (Å²) >= 11 is 0. The van der Waals surface area contributed by atoms with E-state index in [2.05, 4.69) is 9.97 Å². The summed E-state index contributed by atoms with van der Waals surface area (Å²) in [6.07, 6.45) is 6.70. The molecule has 2 atom stereocenters. The highest BCUT2D eigenvalue weighted by Crippen LogP contribution is 2.37. The highest BCUT2D eigenvalue weighted by atomic mass is 16.2. The Hall–Kier alpha value is -3.09. The van der Waals surface area contributed by atoms with E-state index >= 15 is 0 Å². The molecule has 7 nitrogen and oxygen atoms in total. The molecule has 2 aliphatic heterocycles. The average Bonchev–Trinajstić information content (AvgIpc) is 2.92. The Labute approximate surface area is 155 Å². The van der Waals surface area contributed by atoms with Crippen LogP contribution in [0.2, 0.25) is 0 Å². The normalized spacial score (nSPS) is 25.0. The fourth-order valence-corrected chi connectivity index (χ4v) is 4.19. The number of amides is 3. The maximum Gasteiger partial charge on any atom is 0.274 e. The number of carbonyl (C=O) groups is 3. The Balaban J connectivity index is 1.29. The number of carbonyl (C=O) groups excluding carboxylic acids is 3. The van der Waals surface area contributed by atoms with Crippen molar-refractivity contribution in [3.63, 3.8) is 0 Å². The van der Waals surface area contributed by atoms with Crippen LogP contribution in [0.25, 0.3) is 11.0 Å². The monoisotopic (exact) mass is 362 g/mol. The largest absolute Gasteiger partial charge is 0.333 e. The first-order chi connectivity index (χ1) is 13.1. The van der Waals surface area contributed by atoms with Crippen molar-refractivity contribution in [2.45, 2.75) is 18.9 Å². The number of nitrogens with zero attached hydrogens (tertiary/aromatic N) is 4. The standard InChI is InChI=1S/C20H18N4O3/c25-18-13-5-1-2-6-14(13)19(26)24(18)12-10-23(11-12)20(27)17-9-21-15-7-3-4-8-16(15)22-17/h1-4,7-9,12-14H,5-6,10-11H2/t13-,14-/m1/s1. The van der Waals surface area contributed by atoms with Crippen LogP contribution in [0.15, 0.2) is 42.6 Å². The van der Waals surface area contributed by atoms with Gasteiger partial charge in [-0.05, 0) is 25.0 Å². The summed E-state index contributed by atoms with van der Waals surface area (Å²) in [4.78, 5) is 49.6. The summed E-state index contributed by atoms with van der Waals surface area (Å²) < 4.78 is 0. The van der Waals surface area contributed by atoms with E-state index < -0.39 is 0 Å². The first kappa shape index (κ1) is 16.1. The van der Waals surface area contributed by atoms with Gasteiger partial charge in [0.15, 0.2) is 0 Å². The molecule has 27 heavy (non-hydrogen) atoms. The number of allylic oxidation sites excluding steroid dienone is 2. The van der Waals surface area contributed by atoms with Crippen LogP contribution >= 0.6 is 0 Å². The lowest BCUT2D eigenvalue weighted by Gasteiger charge is -2.42.